The number of carboxylic acids is 1. The summed E-state index contributed by atoms with van der Waals surface area (Å²) in [6.45, 7) is 5.07. The van der Waals surface area contributed by atoms with Crippen LogP contribution in [0.25, 0.3) is 0 Å². The highest BCUT2D eigenvalue weighted by Gasteiger charge is 2.31. The van der Waals surface area contributed by atoms with E-state index in [-0.39, 0.29) is 12.5 Å². The third-order valence-corrected chi connectivity index (χ3v) is 2.33. The molecular formula is C13H18O4. The van der Waals surface area contributed by atoms with Crippen molar-refractivity contribution < 1.29 is 19.7 Å². The third kappa shape index (κ3) is 3.75. The molecule has 1 aromatic carbocycles. The van der Waals surface area contributed by atoms with Crippen molar-refractivity contribution in [2.24, 2.45) is 0 Å². The van der Waals surface area contributed by atoms with Crippen LogP contribution in [0.2, 0.25) is 0 Å². The topological polar surface area (TPSA) is 66.8 Å². The highest BCUT2D eigenvalue weighted by molar-refractivity contribution is 5.77. The van der Waals surface area contributed by atoms with Crippen molar-refractivity contribution in [3.8, 4) is 5.75 Å². The second-order valence-corrected chi connectivity index (χ2v) is 4.53. The van der Waals surface area contributed by atoms with Crippen LogP contribution in [-0.2, 0) is 11.2 Å². The van der Waals surface area contributed by atoms with Gasteiger partial charge in [0.25, 0.3) is 0 Å². The molecule has 1 aromatic rings. The van der Waals surface area contributed by atoms with Gasteiger partial charge in [0.15, 0.2) is 5.60 Å². The summed E-state index contributed by atoms with van der Waals surface area (Å²) in [7, 11) is 0. The fourth-order valence-electron chi connectivity index (χ4n) is 1.47. The van der Waals surface area contributed by atoms with Crippen LogP contribution in [0.4, 0.5) is 0 Å². The molecule has 0 radical (unpaired) electrons. The van der Waals surface area contributed by atoms with E-state index in [4.69, 9.17) is 9.84 Å². The van der Waals surface area contributed by atoms with E-state index in [1.54, 1.807) is 18.2 Å². The number of hydrogen-bond donors (Lipinski definition) is 2. The Labute approximate surface area is 101 Å². The summed E-state index contributed by atoms with van der Waals surface area (Å²) in [5.74, 6) is -0.624. The molecule has 0 aliphatic rings. The molecule has 0 saturated heterocycles. The molecule has 0 aromatic heterocycles. The van der Waals surface area contributed by atoms with E-state index in [0.29, 0.717) is 11.3 Å². The Morgan fingerprint density at radius 3 is 2.53 bits per heavy atom. The Morgan fingerprint density at radius 1 is 1.41 bits per heavy atom. The summed E-state index contributed by atoms with van der Waals surface area (Å²) in [5.41, 5.74) is -1.09. The monoisotopic (exact) mass is 238 g/mol. The van der Waals surface area contributed by atoms with Crippen LogP contribution in [0.5, 0.6) is 5.75 Å². The minimum absolute atomic E-state index is 0.00549. The number of benzene rings is 1. The van der Waals surface area contributed by atoms with Gasteiger partial charge in [-0.05, 0) is 32.4 Å². The molecule has 0 heterocycles. The lowest BCUT2D eigenvalue weighted by Gasteiger charge is -2.20. The molecule has 4 heteroatoms. The molecule has 0 aliphatic carbocycles. The van der Waals surface area contributed by atoms with Crippen LogP contribution in [0.15, 0.2) is 24.3 Å². The van der Waals surface area contributed by atoms with Gasteiger partial charge in [-0.3, -0.25) is 0 Å². The summed E-state index contributed by atoms with van der Waals surface area (Å²) in [6.07, 6.45) is 0.0246. The number of aliphatic hydroxyl groups is 1. The highest BCUT2D eigenvalue weighted by Crippen LogP contribution is 2.24. The van der Waals surface area contributed by atoms with E-state index in [0.717, 1.165) is 0 Å². The minimum atomic E-state index is -1.78. The average molecular weight is 238 g/mol. The van der Waals surface area contributed by atoms with Gasteiger partial charge in [0.2, 0.25) is 0 Å². The van der Waals surface area contributed by atoms with Crippen molar-refractivity contribution in [1.29, 1.82) is 0 Å². The first-order valence-electron chi connectivity index (χ1n) is 5.53. The predicted octanol–water partition coefficient (Wildman–Crippen LogP) is 1.85. The SMILES string of the molecule is CC(C)Oc1ccccc1CC(C)(O)C(=O)O. The second kappa shape index (κ2) is 5.19. The average Bonchev–Trinajstić information content (AvgIpc) is 2.19. The summed E-state index contributed by atoms with van der Waals surface area (Å²) in [5, 5.41) is 18.6. The maximum atomic E-state index is 10.9. The number of aliphatic carboxylic acids is 1. The van der Waals surface area contributed by atoms with E-state index in [1.165, 1.54) is 6.92 Å². The first kappa shape index (κ1) is 13.5. The van der Waals surface area contributed by atoms with Crippen molar-refractivity contribution >= 4 is 5.97 Å². The van der Waals surface area contributed by atoms with Crippen molar-refractivity contribution in [1.82, 2.24) is 0 Å². The number of carbonyl (C=O) groups is 1. The molecule has 0 amide bonds. The fraction of sp³-hybridized carbons (Fsp3) is 0.462. The van der Waals surface area contributed by atoms with E-state index in [9.17, 15) is 9.90 Å². The van der Waals surface area contributed by atoms with Gasteiger partial charge in [-0.1, -0.05) is 18.2 Å². The number of carboxylic acid groups (broad SMARTS) is 1. The van der Waals surface area contributed by atoms with Gasteiger partial charge in [0, 0.05) is 6.42 Å². The molecule has 17 heavy (non-hydrogen) atoms. The summed E-state index contributed by atoms with van der Waals surface area (Å²) in [6, 6.07) is 7.14. The van der Waals surface area contributed by atoms with Crippen molar-refractivity contribution in [3.63, 3.8) is 0 Å². The van der Waals surface area contributed by atoms with E-state index in [1.807, 2.05) is 19.9 Å². The molecule has 2 N–H and O–H groups in total. The van der Waals surface area contributed by atoms with Crippen LogP contribution < -0.4 is 4.74 Å². The Balaban J connectivity index is 2.94. The number of para-hydroxylation sites is 1. The van der Waals surface area contributed by atoms with Gasteiger partial charge in [0.1, 0.15) is 5.75 Å². The molecule has 1 atom stereocenters. The summed E-state index contributed by atoms with van der Waals surface area (Å²) in [4.78, 5) is 10.9. The summed E-state index contributed by atoms with van der Waals surface area (Å²) < 4.78 is 5.57. The van der Waals surface area contributed by atoms with E-state index < -0.39 is 11.6 Å². The fourth-order valence-corrected chi connectivity index (χ4v) is 1.47. The molecule has 0 bridgehead atoms. The lowest BCUT2D eigenvalue weighted by atomic mass is 9.96. The van der Waals surface area contributed by atoms with E-state index >= 15 is 0 Å². The Bertz CT molecular complexity index is 396. The van der Waals surface area contributed by atoms with Crippen LogP contribution in [0, 0.1) is 0 Å². The molecule has 0 aliphatic heterocycles. The molecular weight excluding hydrogens is 220 g/mol. The maximum absolute atomic E-state index is 10.9. The van der Waals surface area contributed by atoms with Gasteiger partial charge >= 0.3 is 5.97 Å². The number of ether oxygens (including phenoxy) is 1. The largest absolute Gasteiger partial charge is 0.491 e. The molecule has 0 saturated carbocycles. The maximum Gasteiger partial charge on any atom is 0.335 e. The summed E-state index contributed by atoms with van der Waals surface area (Å²) >= 11 is 0. The second-order valence-electron chi connectivity index (χ2n) is 4.53. The lowest BCUT2D eigenvalue weighted by Crippen LogP contribution is -2.37. The normalized spacial score (nSPS) is 14.4. The Hall–Kier alpha value is -1.55. The van der Waals surface area contributed by atoms with Gasteiger partial charge in [0.05, 0.1) is 6.10 Å². The van der Waals surface area contributed by atoms with Gasteiger partial charge < -0.3 is 14.9 Å². The van der Waals surface area contributed by atoms with Crippen molar-refractivity contribution in [3.05, 3.63) is 29.8 Å². The third-order valence-electron chi connectivity index (χ3n) is 2.33. The standard InChI is InChI=1S/C13H18O4/c1-9(2)17-11-7-5-4-6-10(11)8-13(3,16)12(14)15/h4-7,9,16H,8H2,1-3H3,(H,14,15). The molecule has 1 rings (SSSR count). The molecule has 0 spiro atoms. The zero-order valence-electron chi connectivity index (χ0n) is 10.3. The Kier molecular flexibility index (Phi) is 4.12. The van der Waals surface area contributed by atoms with Crippen LogP contribution >= 0.6 is 0 Å². The minimum Gasteiger partial charge on any atom is -0.491 e. The first-order valence-corrected chi connectivity index (χ1v) is 5.53. The smallest absolute Gasteiger partial charge is 0.335 e. The number of hydrogen-bond acceptors (Lipinski definition) is 3. The molecule has 94 valence electrons. The quantitative estimate of drug-likeness (QED) is 0.821. The van der Waals surface area contributed by atoms with Gasteiger partial charge in [-0.2, -0.15) is 0 Å². The van der Waals surface area contributed by atoms with Gasteiger partial charge in [-0.25, -0.2) is 4.79 Å². The van der Waals surface area contributed by atoms with Gasteiger partial charge in [-0.15, -0.1) is 0 Å². The number of rotatable bonds is 5. The molecule has 0 fully saturated rings. The zero-order chi connectivity index (χ0) is 13.1. The molecule has 1 unspecified atom stereocenters. The van der Waals surface area contributed by atoms with E-state index in [2.05, 4.69) is 0 Å². The Morgan fingerprint density at radius 2 is 2.00 bits per heavy atom. The van der Waals surface area contributed by atoms with Crippen LogP contribution in [0.3, 0.4) is 0 Å². The van der Waals surface area contributed by atoms with Crippen LogP contribution in [0.1, 0.15) is 26.3 Å². The van der Waals surface area contributed by atoms with Crippen LogP contribution in [-0.4, -0.2) is 27.9 Å². The lowest BCUT2D eigenvalue weighted by molar-refractivity contribution is -0.156. The zero-order valence-corrected chi connectivity index (χ0v) is 10.3. The first-order chi connectivity index (χ1) is 7.83. The molecule has 4 nitrogen and oxygen atoms in total. The predicted molar refractivity (Wildman–Crippen MR) is 64.2 cm³/mol. The van der Waals surface area contributed by atoms with Crippen molar-refractivity contribution in [2.75, 3.05) is 0 Å². The van der Waals surface area contributed by atoms with Crippen molar-refractivity contribution in [2.45, 2.75) is 38.9 Å². The highest BCUT2D eigenvalue weighted by atomic mass is 16.5.